The van der Waals surface area contributed by atoms with Crippen molar-refractivity contribution in [2.75, 3.05) is 13.2 Å². The van der Waals surface area contributed by atoms with Crippen molar-refractivity contribution in [3.05, 3.63) is 38.1 Å². The third-order valence-corrected chi connectivity index (χ3v) is 4.72. The molecule has 0 saturated carbocycles. The normalized spacial score (nSPS) is 16.8. The van der Waals surface area contributed by atoms with Crippen LogP contribution in [0.1, 0.15) is 25.3 Å². The van der Waals surface area contributed by atoms with Gasteiger partial charge in [0, 0.05) is 10.0 Å². The van der Waals surface area contributed by atoms with E-state index in [1.807, 2.05) is 6.07 Å². The molecule has 0 radical (unpaired) electrons. The van der Waals surface area contributed by atoms with Crippen molar-refractivity contribution in [1.82, 2.24) is 0 Å². The Morgan fingerprint density at radius 1 is 1.31 bits per heavy atom. The number of carbonyl (C=O) groups is 2. The number of benzene rings is 1. The Morgan fingerprint density at radius 3 is 2.54 bits per heavy atom. The predicted molar refractivity (Wildman–Crippen MR) is 98.8 cm³/mol. The zero-order valence-electron chi connectivity index (χ0n) is 14.0. The second-order valence-corrected chi connectivity index (χ2v) is 7.01. The fourth-order valence-electron chi connectivity index (χ4n) is 2.67. The van der Waals surface area contributed by atoms with Crippen LogP contribution in [0, 0.1) is 17.2 Å². The quantitative estimate of drug-likeness (QED) is 0.635. The van der Waals surface area contributed by atoms with Crippen molar-refractivity contribution in [3.63, 3.8) is 0 Å². The number of nitrogens with two attached hydrogens (primary N) is 1. The van der Waals surface area contributed by atoms with E-state index in [-0.39, 0.29) is 24.7 Å². The van der Waals surface area contributed by atoms with E-state index in [1.54, 1.807) is 26.0 Å². The van der Waals surface area contributed by atoms with Gasteiger partial charge in [-0.05, 0) is 41.9 Å². The summed E-state index contributed by atoms with van der Waals surface area (Å²) in [6.45, 7) is 3.48. The highest BCUT2D eigenvalue weighted by Gasteiger charge is 2.44. The van der Waals surface area contributed by atoms with Crippen LogP contribution in [0.5, 0.6) is 5.75 Å². The molecule has 0 spiro atoms. The average molecular weight is 488 g/mol. The first-order valence-corrected chi connectivity index (χ1v) is 9.34. The summed E-state index contributed by atoms with van der Waals surface area (Å²) in [5, 5.41) is 9.62. The van der Waals surface area contributed by atoms with Gasteiger partial charge < -0.3 is 19.9 Å². The molecule has 0 saturated heterocycles. The van der Waals surface area contributed by atoms with E-state index in [9.17, 15) is 14.9 Å². The lowest BCUT2D eigenvalue weighted by Crippen LogP contribution is -2.34. The summed E-state index contributed by atoms with van der Waals surface area (Å²) in [6, 6.07) is 5.32. The lowest BCUT2D eigenvalue weighted by molar-refractivity contribution is -0.146. The standard InChI is InChI=1S/C17H16Br2N2O5/c1-3-24-16(22)10(7-20)12-9-5-8(18)6-11(19)14(9)26-15(21)13(12)17(23)25-4-2/h5-6,10,12H,3-4,21H2,1-2H3. The van der Waals surface area contributed by atoms with E-state index in [0.29, 0.717) is 20.3 Å². The smallest absolute Gasteiger partial charge is 0.340 e. The molecule has 9 heteroatoms. The van der Waals surface area contributed by atoms with Gasteiger partial charge in [0.15, 0.2) is 5.92 Å². The minimum absolute atomic E-state index is 0.0797. The lowest BCUT2D eigenvalue weighted by Gasteiger charge is -2.30. The molecule has 0 aromatic heterocycles. The summed E-state index contributed by atoms with van der Waals surface area (Å²) in [4.78, 5) is 24.8. The first-order chi connectivity index (χ1) is 12.3. The maximum atomic E-state index is 12.5. The van der Waals surface area contributed by atoms with Gasteiger partial charge in [-0.3, -0.25) is 4.79 Å². The molecule has 138 valence electrons. The van der Waals surface area contributed by atoms with Gasteiger partial charge in [-0.15, -0.1) is 0 Å². The highest BCUT2D eigenvalue weighted by atomic mass is 79.9. The molecule has 2 N–H and O–H groups in total. The number of nitrogens with zero attached hydrogens (tertiary/aromatic N) is 1. The Kier molecular flexibility index (Phi) is 6.67. The fourth-order valence-corrected chi connectivity index (χ4v) is 4.01. The van der Waals surface area contributed by atoms with Gasteiger partial charge in [-0.1, -0.05) is 15.9 Å². The SMILES string of the molecule is CCOC(=O)C1=C(N)Oc2c(Br)cc(Br)cc2C1C(C#N)C(=O)OCC. The molecule has 7 nitrogen and oxygen atoms in total. The molecule has 1 aliphatic rings. The Labute approximate surface area is 167 Å². The number of halogens is 2. The second kappa shape index (κ2) is 8.56. The van der Waals surface area contributed by atoms with Gasteiger partial charge in [-0.25, -0.2) is 4.79 Å². The van der Waals surface area contributed by atoms with E-state index in [1.165, 1.54) is 0 Å². The van der Waals surface area contributed by atoms with E-state index in [2.05, 4.69) is 31.9 Å². The van der Waals surface area contributed by atoms with E-state index in [4.69, 9.17) is 19.9 Å². The summed E-state index contributed by atoms with van der Waals surface area (Å²) in [7, 11) is 0. The summed E-state index contributed by atoms with van der Waals surface area (Å²) in [5.74, 6) is -3.67. The Hall–Kier alpha value is -2.05. The molecule has 1 aromatic carbocycles. The number of rotatable bonds is 5. The topological polar surface area (TPSA) is 112 Å². The first kappa shape index (κ1) is 20.3. The Morgan fingerprint density at radius 2 is 1.96 bits per heavy atom. The second-order valence-electron chi connectivity index (χ2n) is 5.24. The monoisotopic (exact) mass is 486 g/mol. The molecule has 2 unspecified atom stereocenters. The molecule has 2 atom stereocenters. The van der Waals surface area contributed by atoms with Crippen LogP contribution in [0.2, 0.25) is 0 Å². The number of esters is 2. The summed E-state index contributed by atoms with van der Waals surface area (Å²) in [6.07, 6.45) is 0. The third-order valence-electron chi connectivity index (χ3n) is 3.67. The van der Waals surface area contributed by atoms with Crippen LogP contribution in [-0.2, 0) is 19.1 Å². The van der Waals surface area contributed by atoms with Gasteiger partial charge in [-0.2, -0.15) is 5.26 Å². The number of ether oxygens (including phenoxy) is 3. The van der Waals surface area contributed by atoms with Crippen LogP contribution in [-0.4, -0.2) is 25.2 Å². The van der Waals surface area contributed by atoms with Crippen molar-refractivity contribution in [3.8, 4) is 11.8 Å². The van der Waals surface area contributed by atoms with Gasteiger partial charge in [0.05, 0.1) is 29.7 Å². The molecule has 1 heterocycles. The van der Waals surface area contributed by atoms with E-state index >= 15 is 0 Å². The largest absolute Gasteiger partial charge is 0.465 e. The highest BCUT2D eigenvalue weighted by Crippen LogP contribution is 2.47. The van der Waals surface area contributed by atoms with Crippen LogP contribution < -0.4 is 10.5 Å². The molecule has 26 heavy (non-hydrogen) atoms. The van der Waals surface area contributed by atoms with Crippen LogP contribution in [0.25, 0.3) is 0 Å². The van der Waals surface area contributed by atoms with Crippen molar-refractivity contribution < 1.29 is 23.8 Å². The predicted octanol–water partition coefficient (Wildman–Crippen LogP) is 3.12. The zero-order chi connectivity index (χ0) is 19.4. The summed E-state index contributed by atoms with van der Waals surface area (Å²) < 4.78 is 16.9. The maximum Gasteiger partial charge on any atom is 0.340 e. The lowest BCUT2D eigenvalue weighted by atomic mass is 9.79. The molecule has 0 aliphatic carbocycles. The number of carbonyl (C=O) groups excluding carboxylic acids is 2. The van der Waals surface area contributed by atoms with Crippen LogP contribution in [0.3, 0.4) is 0 Å². The number of hydrogen-bond acceptors (Lipinski definition) is 7. The molecule has 1 aromatic rings. The van der Waals surface area contributed by atoms with Crippen molar-refractivity contribution in [2.24, 2.45) is 11.7 Å². The fraction of sp³-hybridized carbons (Fsp3) is 0.353. The number of nitriles is 1. The zero-order valence-corrected chi connectivity index (χ0v) is 17.2. The molecule has 1 aliphatic heterocycles. The molecule has 0 fully saturated rings. The number of fused-ring (bicyclic) bond motifs is 1. The van der Waals surface area contributed by atoms with Crippen LogP contribution in [0.4, 0.5) is 0 Å². The van der Waals surface area contributed by atoms with Gasteiger partial charge >= 0.3 is 11.9 Å². The van der Waals surface area contributed by atoms with Gasteiger partial charge in [0.25, 0.3) is 0 Å². The molecule has 2 rings (SSSR count). The van der Waals surface area contributed by atoms with Crippen LogP contribution in [0.15, 0.2) is 32.5 Å². The molecular weight excluding hydrogens is 472 g/mol. The van der Waals surface area contributed by atoms with Crippen LogP contribution >= 0.6 is 31.9 Å². The molecular formula is C17H16Br2N2O5. The first-order valence-electron chi connectivity index (χ1n) is 7.75. The summed E-state index contributed by atoms with van der Waals surface area (Å²) in [5.41, 5.74) is 6.32. The maximum absolute atomic E-state index is 12.5. The minimum atomic E-state index is -1.29. The van der Waals surface area contributed by atoms with E-state index < -0.39 is 23.8 Å². The Balaban J connectivity index is 2.70. The van der Waals surface area contributed by atoms with Crippen molar-refractivity contribution in [1.29, 1.82) is 5.26 Å². The molecule has 0 bridgehead atoms. The van der Waals surface area contributed by atoms with E-state index in [0.717, 1.165) is 0 Å². The number of hydrogen-bond donors (Lipinski definition) is 1. The highest BCUT2D eigenvalue weighted by molar-refractivity contribution is 9.11. The minimum Gasteiger partial charge on any atom is -0.465 e. The van der Waals surface area contributed by atoms with Crippen molar-refractivity contribution in [2.45, 2.75) is 19.8 Å². The summed E-state index contributed by atoms with van der Waals surface area (Å²) >= 11 is 6.73. The Bertz CT molecular complexity index is 816. The average Bonchev–Trinajstić information content (AvgIpc) is 2.56. The van der Waals surface area contributed by atoms with Gasteiger partial charge in [0.1, 0.15) is 11.3 Å². The third kappa shape index (κ3) is 3.86. The molecule has 0 amide bonds. The van der Waals surface area contributed by atoms with Gasteiger partial charge in [0.2, 0.25) is 5.88 Å². The van der Waals surface area contributed by atoms with Crippen molar-refractivity contribution >= 4 is 43.8 Å².